The van der Waals surface area contributed by atoms with E-state index in [9.17, 15) is 4.79 Å². The molecule has 0 aliphatic carbocycles. The van der Waals surface area contributed by atoms with Crippen LogP contribution in [0.2, 0.25) is 0 Å². The zero-order valence-corrected chi connectivity index (χ0v) is 20.5. The number of nitrogens with one attached hydrogen (secondary N) is 1. The standard InChI is InChI=1S/C28H29N5O3/c1-35-24-11-10-21(17-25(24)36-2)23-19-33(22-8-4-3-5-9-22)31-27(23)28(34)30-18-20-12-13-29-26(16-20)32-14-6-7-15-32/h3-5,8-13,16-17,19H,6-7,14-15,18H2,1-2H3,(H,30,34). The first-order chi connectivity index (χ1) is 17.7. The molecule has 1 fully saturated rings. The van der Waals surface area contributed by atoms with Crippen LogP contribution in [-0.4, -0.2) is 48.0 Å². The van der Waals surface area contributed by atoms with E-state index in [1.54, 1.807) is 25.1 Å². The van der Waals surface area contributed by atoms with Crippen molar-refractivity contribution in [2.45, 2.75) is 19.4 Å². The molecule has 3 heterocycles. The van der Waals surface area contributed by atoms with Gasteiger partial charge in [-0.25, -0.2) is 9.67 Å². The molecule has 4 aromatic rings. The van der Waals surface area contributed by atoms with Crippen molar-refractivity contribution >= 4 is 11.7 Å². The van der Waals surface area contributed by atoms with Crippen LogP contribution in [0.4, 0.5) is 5.82 Å². The lowest BCUT2D eigenvalue weighted by atomic mass is 10.1. The molecule has 0 saturated carbocycles. The summed E-state index contributed by atoms with van der Waals surface area (Å²) in [6.45, 7) is 2.43. The lowest BCUT2D eigenvalue weighted by Gasteiger charge is -2.17. The van der Waals surface area contributed by atoms with Crippen molar-refractivity contribution < 1.29 is 14.3 Å². The van der Waals surface area contributed by atoms with E-state index in [1.165, 1.54) is 12.8 Å². The molecule has 2 aromatic heterocycles. The van der Waals surface area contributed by atoms with Crippen LogP contribution >= 0.6 is 0 Å². The van der Waals surface area contributed by atoms with Gasteiger partial charge in [0.05, 0.1) is 19.9 Å². The monoisotopic (exact) mass is 483 g/mol. The van der Waals surface area contributed by atoms with Crippen molar-refractivity contribution in [3.8, 4) is 28.3 Å². The molecule has 1 amide bonds. The number of rotatable bonds is 8. The van der Waals surface area contributed by atoms with Crippen LogP contribution in [0.15, 0.2) is 73.1 Å². The minimum Gasteiger partial charge on any atom is -0.493 e. The van der Waals surface area contributed by atoms with Gasteiger partial charge in [0.25, 0.3) is 5.91 Å². The zero-order chi connectivity index (χ0) is 24.9. The molecule has 1 aliphatic rings. The first kappa shape index (κ1) is 23.4. The summed E-state index contributed by atoms with van der Waals surface area (Å²) in [5.41, 5.74) is 3.70. The molecule has 0 atom stereocenters. The Morgan fingerprint density at radius 3 is 2.50 bits per heavy atom. The molecule has 0 radical (unpaired) electrons. The molecule has 2 aromatic carbocycles. The molecule has 0 bridgehead atoms. The van der Waals surface area contributed by atoms with Crippen LogP contribution in [0, 0.1) is 0 Å². The number of hydrogen-bond acceptors (Lipinski definition) is 6. The van der Waals surface area contributed by atoms with Crippen LogP contribution in [0.1, 0.15) is 28.9 Å². The average Bonchev–Trinajstić information content (AvgIpc) is 3.63. The third kappa shape index (κ3) is 4.88. The minimum absolute atomic E-state index is 0.256. The van der Waals surface area contributed by atoms with Gasteiger partial charge in [-0.05, 0) is 60.4 Å². The Morgan fingerprint density at radius 2 is 1.75 bits per heavy atom. The second-order valence-electron chi connectivity index (χ2n) is 8.64. The highest BCUT2D eigenvalue weighted by molar-refractivity contribution is 5.99. The summed E-state index contributed by atoms with van der Waals surface area (Å²) in [6.07, 6.45) is 6.04. The van der Waals surface area contributed by atoms with Crippen molar-refractivity contribution in [2.75, 3.05) is 32.2 Å². The van der Waals surface area contributed by atoms with E-state index in [0.29, 0.717) is 29.3 Å². The van der Waals surface area contributed by atoms with Gasteiger partial charge in [0.2, 0.25) is 0 Å². The average molecular weight is 484 g/mol. The number of methoxy groups -OCH3 is 2. The number of para-hydroxylation sites is 1. The van der Waals surface area contributed by atoms with Crippen molar-refractivity contribution in [3.05, 3.63) is 84.3 Å². The van der Waals surface area contributed by atoms with Crippen LogP contribution < -0.4 is 19.7 Å². The fourth-order valence-corrected chi connectivity index (χ4v) is 4.43. The smallest absolute Gasteiger partial charge is 0.272 e. The normalized spacial score (nSPS) is 13.0. The first-order valence-electron chi connectivity index (χ1n) is 12.0. The highest BCUT2D eigenvalue weighted by Crippen LogP contribution is 2.34. The Bertz CT molecular complexity index is 1350. The number of nitrogens with zero attached hydrogens (tertiary/aromatic N) is 4. The lowest BCUT2D eigenvalue weighted by molar-refractivity contribution is 0.0946. The fraction of sp³-hybridized carbons (Fsp3) is 0.250. The Hall–Kier alpha value is -4.33. The zero-order valence-electron chi connectivity index (χ0n) is 20.5. The van der Waals surface area contributed by atoms with E-state index in [4.69, 9.17) is 9.47 Å². The van der Waals surface area contributed by atoms with Crippen LogP contribution in [0.5, 0.6) is 11.5 Å². The second kappa shape index (κ2) is 10.5. The third-order valence-corrected chi connectivity index (χ3v) is 6.34. The predicted molar refractivity (Wildman–Crippen MR) is 139 cm³/mol. The van der Waals surface area contributed by atoms with Gasteiger partial charge in [-0.15, -0.1) is 0 Å². The van der Waals surface area contributed by atoms with Crippen molar-refractivity contribution in [2.24, 2.45) is 0 Å². The van der Waals surface area contributed by atoms with E-state index in [-0.39, 0.29) is 5.91 Å². The molecule has 0 spiro atoms. The molecule has 0 unspecified atom stereocenters. The van der Waals surface area contributed by atoms with Crippen LogP contribution in [0.25, 0.3) is 16.8 Å². The van der Waals surface area contributed by atoms with Gasteiger partial charge in [-0.3, -0.25) is 4.79 Å². The number of benzene rings is 2. The topological polar surface area (TPSA) is 81.5 Å². The van der Waals surface area contributed by atoms with Crippen molar-refractivity contribution in [1.82, 2.24) is 20.1 Å². The first-order valence-corrected chi connectivity index (χ1v) is 12.0. The molecule has 184 valence electrons. The largest absolute Gasteiger partial charge is 0.493 e. The second-order valence-corrected chi connectivity index (χ2v) is 8.64. The van der Waals surface area contributed by atoms with Gasteiger partial charge in [0, 0.05) is 37.6 Å². The maximum Gasteiger partial charge on any atom is 0.272 e. The predicted octanol–water partition coefficient (Wildman–Crippen LogP) is 4.48. The summed E-state index contributed by atoms with van der Waals surface area (Å²) >= 11 is 0. The van der Waals surface area contributed by atoms with E-state index >= 15 is 0 Å². The van der Waals surface area contributed by atoms with Gasteiger partial charge in [-0.2, -0.15) is 5.10 Å². The number of amides is 1. The van der Waals surface area contributed by atoms with Crippen molar-refractivity contribution in [1.29, 1.82) is 0 Å². The molecule has 8 nitrogen and oxygen atoms in total. The highest BCUT2D eigenvalue weighted by atomic mass is 16.5. The third-order valence-electron chi connectivity index (χ3n) is 6.34. The maximum atomic E-state index is 13.4. The van der Waals surface area contributed by atoms with E-state index in [0.717, 1.165) is 35.7 Å². The molecule has 5 rings (SSSR count). The molecule has 36 heavy (non-hydrogen) atoms. The Labute approximate surface area is 210 Å². The van der Waals surface area contributed by atoms with E-state index in [1.807, 2.05) is 66.9 Å². The number of pyridine rings is 1. The lowest BCUT2D eigenvalue weighted by Crippen LogP contribution is -2.24. The molecule has 1 aliphatic heterocycles. The molecule has 1 N–H and O–H groups in total. The van der Waals surface area contributed by atoms with Gasteiger partial charge in [0.1, 0.15) is 5.82 Å². The summed E-state index contributed by atoms with van der Waals surface area (Å²) < 4.78 is 12.6. The molecular weight excluding hydrogens is 454 g/mol. The Morgan fingerprint density at radius 1 is 0.972 bits per heavy atom. The number of ether oxygens (including phenoxy) is 2. The minimum atomic E-state index is -0.256. The Kier molecular flexibility index (Phi) is 6.84. The number of anilines is 1. The maximum absolute atomic E-state index is 13.4. The number of aromatic nitrogens is 3. The van der Waals surface area contributed by atoms with Crippen LogP contribution in [-0.2, 0) is 6.54 Å². The summed E-state index contributed by atoms with van der Waals surface area (Å²) in [5, 5.41) is 7.70. The quantitative estimate of drug-likeness (QED) is 0.398. The van der Waals surface area contributed by atoms with Gasteiger partial charge in [-0.1, -0.05) is 24.3 Å². The molecule has 8 heteroatoms. The van der Waals surface area contributed by atoms with Gasteiger partial charge >= 0.3 is 0 Å². The summed E-state index contributed by atoms with van der Waals surface area (Å²) in [5.74, 6) is 1.90. The number of carbonyl (C=O) groups excluding carboxylic acids is 1. The van der Waals surface area contributed by atoms with Crippen LogP contribution in [0.3, 0.4) is 0 Å². The van der Waals surface area contributed by atoms with Gasteiger partial charge in [0.15, 0.2) is 17.2 Å². The number of carbonyl (C=O) groups is 1. The van der Waals surface area contributed by atoms with E-state index < -0.39 is 0 Å². The number of hydrogen-bond donors (Lipinski definition) is 1. The molecule has 1 saturated heterocycles. The highest BCUT2D eigenvalue weighted by Gasteiger charge is 2.21. The Balaban J connectivity index is 1.44. The SMILES string of the molecule is COc1ccc(-c2cn(-c3ccccc3)nc2C(=O)NCc2ccnc(N3CCCC3)c2)cc1OC. The molecular formula is C28H29N5O3. The summed E-state index contributed by atoms with van der Waals surface area (Å²) in [7, 11) is 3.19. The summed E-state index contributed by atoms with van der Waals surface area (Å²) in [4.78, 5) is 20.2. The fourth-order valence-electron chi connectivity index (χ4n) is 4.43. The van der Waals surface area contributed by atoms with Crippen molar-refractivity contribution in [3.63, 3.8) is 0 Å². The summed E-state index contributed by atoms with van der Waals surface area (Å²) in [6, 6.07) is 19.3. The van der Waals surface area contributed by atoms with Gasteiger partial charge < -0.3 is 19.7 Å². The van der Waals surface area contributed by atoms with E-state index in [2.05, 4.69) is 20.3 Å².